The van der Waals surface area contributed by atoms with Crippen molar-refractivity contribution in [1.82, 2.24) is 0 Å². The maximum atomic E-state index is 10.8. The first kappa shape index (κ1) is 10.8. The maximum absolute atomic E-state index is 10.8. The van der Waals surface area contributed by atoms with Crippen LogP contribution in [0.2, 0.25) is 0 Å². The fraction of sp³-hybridized carbons (Fsp3) is 0.143. The van der Waals surface area contributed by atoms with Crippen molar-refractivity contribution in [1.29, 1.82) is 0 Å². The fourth-order valence-corrected chi connectivity index (χ4v) is 2.40. The Labute approximate surface area is 104 Å². The van der Waals surface area contributed by atoms with E-state index < -0.39 is 0 Å². The van der Waals surface area contributed by atoms with Crippen molar-refractivity contribution < 1.29 is 4.92 Å². The molecule has 4 heteroatoms. The second-order valence-corrected chi connectivity index (χ2v) is 4.32. The number of nitrogens with zero attached hydrogens (tertiary/aromatic N) is 1. The van der Waals surface area contributed by atoms with E-state index in [4.69, 9.17) is 0 Å². The van der Waals surface area contributed by atoms with Crippen molar-refractivity contribution in [2.45, 2.75) is 6.42 Å². The highest BCUT2D eigenvalue weighted by molar-refractivity contribution is 5.76. The van der Waals surface area contributed by atoms with Gasteiger partial charge in [-0.25, -0.2) is 0 Å². The number of nitro benzene ring substituents is 1. The van der Waals surface area contributed by atoms with E-state index in [9.17, 15) is 10.1 Å². The zero-order valence-corrected chi connectivity index (χ0v) is 9.72. The van der Waals surface area contributed by atoms with Gasteiger partial charge in [0.25, 0.3) is 5.69 Å². The molecule has 2 aromatic rings. The number of fused-ring (bicyclic) bond motifs is 1. The van der Waals surface area contributed by atoms with Crippen LogP contribution in [0.3, 0.4) is 0 Å². The molecule has 0 radical (unpaired) electrons. The minimum absolute atomic E-state index is 0.135. The minimum Gasteiger partial charge on any atom is -0.384 e. The Morgan fingerprint density at radius 1 is 1.17 bits per heavy atom. The second kappa shape index (κ2) is 4.14. The highest BCUT2D eigenvalue weighted by Crippen LogP contribution is 2.33. The lowest BCUT2D eigenvalue weighted by Gasteiger charge is -2.07. The van der Waals surface area contributed by atoms with E-state index in [1.165, 1.54) is 11.6 Å². The van der Waals surface area contributed by atoms with E-state index in [0.29, 0.717) is 0 Å². The highest BCUT2D eigenvalue weighted by Gasteiger charge is 2.16. The van der Waals surface area contributed by atoms with Gasteiger partial charge in [-0.3, -0.25) is 10.1 Å². The number of nitro groups is 1. The monoisotopic (exact) mass is 240 g/mol. The Bertz CT molecular complexity index is 623. The zero-order valence-electron chi connectivity index (χ0n) is 9.72. The molecule has 4 nitrogen and oxygen atoms in total. The van der Waals surface area contributed by atoms with E-state index in [1.54, 1.807) is 12.1 Å². The van der Waals surface area contributed by atoms with Gasteiger partial charge >= 0.3 is 0 Å². The van der Waals surface area contributed by atoms with Crippen LogP contribution in [-0.2, 0) is 6.42 Å². The number of hydrogen-bond acceptors (Lipinski definition) is 3. The smallest absolute Gasteiger partial charge is 0.270 e. The summed E-state index contributed by atoms with van der Waals surface area (Å²) in [5.74, 6) is 0. The Morgan fingerprint density at radius 3 is 2.83 bits per heavy atom. The summed E-state index contributed by atoms with van der Waals surface area (Å²) in [4.78, 5) is 10.5. The van der Waals surface area contributed by atoms with Gasteiger partial charge in [-0.1, -0.05) is 24.3 Å². The van der Waals surface area contributed by atoms with Crippen molar-refractivity contribution in [3.05, 3.63) is 58.1 Å². The van der Waals surface area contributed by atoms with Gasteiger partial charge < -0.3 is 5.32 Å². The number of anilines is 1. The summed E-state index contributed by atoms with van der Waals surface area (Å²) in [5, 5.41) is 14.1. The Balaban J connectivity index is 2.13. The van der Waals surface area contributed by atoms with Crippen LogP contribution in [0.25, 0.3) is 11.1 Å². The summed E-state index contributed by atoms with van der Waals surface area (Å²) in [5.41, 5.74) is 4.51. The van der Waals surface area contributed by atoms with Crippen LogP contribution in [0.4, 0.5) is 11.4 Å². The van der Waals surface area contributed by atoms with Gasteiger partial charge in [0, 0.05) is 24.4 Å². The number of non-ortho nitro benzene ring substituents is 1. The summed E-state index contributed by atoms with van der Waals surface area (Å²) in [6, 6.07) is 12.8. The molecule has 18 heavy (non-hydrogen) atoms. The standard InChI is InChI=1S/C14H12N2O2/c17-16(18)11-4-1-3-10(9-11)12-5-2-6-14-13(12)7-8-15-14/h1-6,9,15H,7-8H2. The summed E-state index contributed by atoms with van der Waals surface area (Å²) in [6.07, 6.45) is 0.966. The van der Waals surface area contributed by atoms with Crippen molar-refractivity contribution in [3.63, 3.8) is 0 Å². The van der Waals surface area contributed by atoms with Crippen molar-refractivity contribution in [3.8, 4) is 11.1 Å². The van der Waals surface area contributed by atoms with Crippen LogP contribution in [0.15, 0.2) is 42.5 Å². The van der Waals surface area contributed by atoms with Crippen LogP contribution in [0, 0.1) is 10.1 Å². The summed E-state index contributed by atoms with van der Waals surface area (Å²) < 4.78 is 0. The van der Waals surface area contributed by atoms with E-state index in [2.05, 4.69) is 5.32 Å². The molecule has 0 fully saturated rings. The molecule has 0 aliphatic carbocycles. The van der Waals surface area contributed by atoms with Crippen LogP contribution < -0.4 is 5.32 Å². The average molecular weight is 240 g/mol. The quantitative estimate of drug-likeness (QED) is 0.647. The largest absolute Gasteiger partial charge is 0.384 e. The van der Waals surface area contributed by atoms with Crippen LogP contribution in [0.1, 0.15) is 5.56 Å². The van der Waals surface area contributed by atoms with Crippen LogP contribution in [0.5, 0.6) is 0 Å². The molecule has 1 N–H and O–H groups in total. The molecule has 0 atom stereocenters. The van der Waals surface area contributed by atoms with E-state index >= 15 is 0 Å². The molecule has 90 valence electrons. The molecule has 3 rings (SSSR count). The number of rotatable bonds is 2. The first-order valence-electron chi connectivity index (χ1n) is 5.86. The number of nitrogens with one attached hydrogen (secondary N) is 1. The molecule has 1 heterocycles. The van der Waals surface area contributed by atoms with Crippen LogP contribution >= 0.6 is 0 Å². The third kappa shape index (κ3) is 1.72. The van der Waals surface area contributed by atoms with Gasteiger partial charge in [0.15, 0.2) is 0 Å². The van der Waals surface area contributed by atoms with Gasteiger partial charge in [-0.2, -0.15) is 0 Å². The molecule has 0 spiro atoms. The highest BCUT2D eigenvalue weighted by atomic mass is 16.6. The predicted molar refractivity (Wildman–Crippen MR) is 70.7 cm³/mol. The molecular weight excluding hydrogens is 228 g/mol. The van der Waals surface area contributed by atoms with E-state index in [0.717, 1.165) is 29.8 Å². The predicted octanol–water partition coefficient (Wildman–Crippen LogP) is 3.23. The minimum atomic E-state index is -0.356. The van der Waals surface area contributed by atoms with Crippen molar-refractivity contribution in [2.24, 2.45) is 0 Å². The van der Waals surface area contributed by atoms with Gasteiger partial charge in [0.2, 0.25) is 0 Å². The van der Waals surface area contributed by atoms with E-state index in [1.807, 2.05) is 24.3 Å². The molecule has 0 saturated carbocycles. The molecule has 0 amide bonds. The van der Waals surface area contributed by atoms with E-state index in [-0.39, 0.29) is 10.6 Å². The fourth-order valence-electron chi connectivity index (χ4n) is 2.40. The van der Waals surface area contributed by atoms with Crippen molar-refractivity contribution >= 4 is 11.4 Å². The number of benzene rings is 2. The second-order valence-electron chi connectivity index (χ2n) is 4.32. The Kier molecular flexibility index (Phi) is 2.48. The topological polar surface area (TPSA) is 55.2 Å². The normalized spacial score (nSPS) is 12.9. The third-order valence-electron chi connectivity index (χ3n) is 3.23. The summed E-state index contributed by atoms with van der Waals surface area (Å²) >= 11 is 0. The lowest BCUT2D eigenvalue weighted by Crippen LogP contribution is -1.90. The zero-order chi connectivity index (χ0) is 12.5. The first-order valence-corrected chi connectivity index (χ1v) is 5.86. The summed E-state index contributed by atoms with van der Waals surface area (Å²) in [6.45, 7) is 0.932. The van der Waals surface area contributed by atoms with Gasteiger partial charge in [-0.15, -0.1) is 0 Å². The summed E-state index contributed by atoms with van der Waals surface area (Å²) in [7, 11) is 0. The molecule has 0 saturated heterocycles. The Morgan fingerprint density at radius 2 is 2.00 bits per heavy atom. The lowest BCUT2D eigenvalue weighted by molar-refractivity contribution is -0.384. The van der Waals surface area contributed by atoms with Crippen molar-refractivity contribution in [2.75, 3.05) is 11.9 Å². The van der Waals surface area contributed by atoms with Crippen LogP contribution in [-0.4, -0.2) is 11.5 Å². The molecule has 1 aliphatic rings. The SMILES string of the molecule is O=[N+]([O-])c1cccc(-c2cccc3c2CCN3)c1. The molecule has 1 aliphatic heterocycles. The molecule has 2 aromatic carbocycles. The van der Waals surface area contributed by atoms with Gasteiger partial charge in [0.1, 0.15) is 0 Å². The third-order valence-corrected chi connectivity index (χ3v) is 3.23. The first-order chi connectivity index (χ1) is 8.75. The maximum Gasteiger partial charge on any atom is 0.270 e. The van der Waals surface area contributed by atoms with Gasteiger partial charge in [0.05, 0.1) is 4.92 Å². The molecule has 0 unspecified atom stereocenters. The molecule has 0 aromatic heterocycles. The number of hydrogen-bond donors (Lipinski definition) is 1. The van der Waals surface area contributed by atoms with Gasteiger partial charge in [-0.05, 0) is 29.2 Å². The Hall–Kier alpha value is -2.36. The molecule has 0 bridgehead atoms. The average Bonchev–Trinajstić information content (AvgIpc) is 2.87. The molecular formula is C14H12N2O2. The lowest BCUT2D eigenvalue weighted by atomic mass is 9.97.